The van der Waals surface area contributed by atoms with Crippen LogP contribution in [0, 0.1) is 0 Å². The maximum absolute atomic E-state index is 8.83. The van der Waals surface area contributed by atoms with Gasteiger partial charge in [-0.3, -0.25) is 4.90 Å². The Morgan fingerprint density at radius 3 is 2.90 bits per heavy atom. The minimum absolute atomic E-state index is 0.235. The van der Waals surface area contributed by atoms with Crippen molar-refractivity contribution in [2.45, 2.75) is 38.8 Å². The van der Waals surface area contributed by atoms with E-state index in [4.69, 9.17) is 9.84 Å². The van der Waals surface area contributed by atoms with E-state index in [-0.39, 0.29) is 6.61 Å². The summed E-state index contributed by atoms with van der Waals surface area (Å²) < 4.78 is 5.59. The van der Waals surface area contributed by atoms with E-state index in [1.165, 1.54) is 16.7 Å². The fourth-order valence-electron chi connectivity index (χ4n) is 3.20. The minimum atomic E-state index is 0.235. The molecule has 0 saturated heterocycles. The largest absolute Gasteiger partial charge is 0.496 e. The number of nitrogens with one attached hydrogen (secondary N) is 1. The van der Waals surface area contributed by atoms with Crippen molar-refractivity contribution in [1.82, 2.24) is 10.2 Å². The highest BCUT2D eigenvalue weighted by Gasteiger charge is 2.24. The van der Waals surface area contributed by atoms with Crippen molar-refractivity contribution in [2.75, 3.05) is 33.9 Å². The fraction of sp³-hybridized carbons (Fsp3) is 0.647. The Bertz CT molecular complexity index is 462. The number of rotatable bonds is 7. The van der Waals surface area contributed by atoms with Gasteiger partial charge in [-0.15, -0.1) is 0 Å². The highest BCUT2D eigenvalue weighted by molar-refractivity contribution is 5.45. The summed E-state index contributed by atoms with van der Waals surface area (Å²) in [6.45, 7) is 5.22. The number of fused-ring (bicyclic) bond motifs is 1. The number of methoxy groups -OCH3 is 1. The lowest BCUT2D eigenvalue weighted by Crippen LogP contribution is -2.32. The SMILES string of the molecule is CCC1c2cc(OC)c(CNCCCO)cc2CCN1C. The zero-order valence-electron chi connectivity index (χ0n) is 13.5. The Morgan fingerprint density at radius 1 is 1.43 bits per heavy atom. The van der Waals surface area contributed by atoms with Crippen molar-refractivity contribution >= 4 is 0 Å². The van der Waals surface area contributed by atoms with Gasteiger partial charge in [0.1, 0.15) is 5.75 Å². The van der Waals surface area contributed by atoms with Gasteiger partial charge in [-0.25, -0.2) is 0 Å². The van der Waals surface area contributed by atoms with Crippen LogP contribution in [0.25, 0.3) is 0 Å². The van der Waals surface area contributed by atoms with Crippen molar-refractivity contribution in [3.63, 3.8) is 0 Å². The molecule has 1 atom stereocenters. The molecule has 1 unspecified atom stereocenters. The number of hydrogen-bond acceptors (Lipinski definition) is 4. The molecule has 0 aromatic heterocycles. The molecule has 2 rings (SSSR count). The van der Waals surface area contributed by atoms with Crippen LogP contribution in [0.3, 0.4) is 0 Å². The van der Waals surface area contributed by atoms with E-state index in [0.29, 0.717) is 6.04 Å². The standard InChI is InChI=1S/C17H28N2O2/c1-4-16-15-11-17(21-3)14(12-18-7-5-9-20)10-13(15)6-8-19(16)2/h10-11,16,18,20H,4-9,12H2,1-3H3. The van der Waals surface area contributed by atoms with Crippen molar-refractivity contribution in [1.29, 1.82) is 0 Å². The van der Waals surface area contributed by atoms with Crippen molar-refractivity contribution in [3.05, 3.63) is 28.8 Å². The van der Waals surface area contributed by atoms with Gasteiger partial charge in [0, 0.05) is 31.3 Å². The number of nitrogens with zero attached hydrogens (tertiary/aromatic N) is 1. The highest BCUT2D eigenvalue weighted by Crippen LogP contribution is 2.35. The monoisotopic (exact) mass is 292 g/mol. The lowest BCUT2D eigenvalue weighted by molar-refractivity contribution is 0.224. The Labute approximate surface area is 128 Å². The van der Waals surface area contributed by atoms with Gasteiger partial charge >= 0.3 is 0 Å². The fourth-order valence-corrected chi connectivity index (χ4v) is 3.20. The predicted octanol–water partition coefficient (Wildman–Crippen LogP) is 2.11. The van der Waals surface area contributed by atoms with Crippen LogP contribution in [0.5, 0.6) is 5.75 Å². The van der Waals surface area contributed by atoms with Crippen molar-refractivity contribution in [3.8, 4) is 5.75 Å². The smallest absolute Gasteiger partial charge is 0.123 e. The average molecular weight is 292 g/mol. The molecule has 0 bridgehead atoms. The molecule has 118 valence electrons. The zero-order valence-corrected chi connectivity index (χ0v) is 13.5. The molecule has 1 aliphatic rings. The van der Waals surface area contributed by atoms with Crippen molar-refractivity contribution in [2.24, 2.45) is 0 Å². The molecule has 1 aliphatic heterocycles. The van der Waals surface area contributed by atoms with Gasteiger partial charge in [-0.1, -0.05) is 13.0 Å². The molecule has 21 heavy (non-hydrogen) atoms. The van der Waals surface area contributed by atoms with Gasteiger partial charge in [0.25, 0.3) is 0 Å². The van der Waals surface area contributed by atoms with Crippen molar-refractivity contribution < 1.29 is 9.84 Å². The van der Waals surface area contributed by atoms with Gasteiger partial charge in [-0.05, 0) is 50.0 Å². The summed E-state index contributed by atoms with van der Waals surface area (Å²) in [7, 11) is 3.94. The average Bonchev–Trinajstić information content (AvgIpc) is 2.51. The van der Waals surface area contributed by atoms with Crippen LogP contribution in [-0.2, 0) is 13.0 Å². The number of aliphatic hydroxyl groups is 1. The van der Waals surface area contributed by atoms with Crippen LogP contribution in [0.1, 0.15) is 42.5 Å². The molecule has 0 fully saturated rings. The molecular formula is C17H28N2O2. The third-order valence-electron chi connectivity index (χ3n) is 4.38. The van der Waals surface area contributed by atoms with Crippen LogP contribution in [0.2, 0.25) is 0 Å². The molecule has 4 nitrogen and oxygen atoms in total. The summed E-state index contributed by atoms with van der Waals surface area (Å²) in [4.78, 5) is 2.43. The number of ether oxygens (including phenoxy) is 1. The van der Waals surface area contributed by atoms with Crippen LogP contribution in [-0.4, -0.2) is 43.9 Å². The molecule has 2 N–H and O–H groups in total. The Morgan fingerprint density at radius 2 is 2.24 bits per heavy atom. The van der Waals surface area contributed by atoms with E-state index in [2.05, 4.69) is 36.3 Å². The van der Waals surface area contributed by atoms with E-state index < -0.39 is 0 Å². The molecule has 1 heterocycles. The first-order chi connectivity index (χ1) is 10.2. The molecule has 0 saturated carbocycles. The van der Waals surface area contributed by atoms with E-state index in [1.54, 1.807) is 7.11 Å². The Balaban J connectivity index is 2.20. The third kappa shape index (κ3) is 3.76. The predicted molar refractivity (Wildman–Crippen MR) is 85.8 cm³/mol. The summed E-state index contributed by atoms with van der Waals surface area (Å²) in [5, 5.41) is 12.2. The molecule has 0 radical (unpaired) electrons. The summed E-state index contributed by atoms with van der Waals surface area (Å²) in [5.74, 6) is 0.971. The molecule has 0 spiro atoms. The molecule has 4 heteroatoms. The molecule has 1 aromatic rings. The zero-order chi connectivity index (χ0) is 15.2. The van der Waals surface area contributed by atoms with Gasteiger partial charge < -0.3 is 15.2 Å². The maximum Gasteiger partial charge on any atom is 0.123 e. The maximum atomic E-state index is 8.83. The second-order valence-corrected chi connectivity index (χ2v) is 5.77. The van der Waals surface area contributed by atoms with E-state index >= 15 is 0 Å². The second-order valence-electron chi connectivity index (χ2n) is 5.77. The summed E-state index contributed by atoms with van der Waals surface area (Å²) in [6.07, 6.45) is 3.02. The minimum Gasteiger partial charge on any atom is -0.496 e. The second kappa shape index (κ2) is 7.78. The number of likely N-dealkylation sites (N-methyl/N-ethyl adjacent to an activating group) is 1. The lowest BCUT2D eigenvalue weighted by atomic mass is 9.89. The van der Waals surface area contributed by atoms with Gasteiger partial charge in [-0.2, -0.15) is 0 Å². The lowest BCUT2D eigenvalue weighted by Gasteiger charge is -2.34. The first-order valence-electron chi connectivity index (χ1n) is 7.92. The number of hydrogen-bond donors (Lipinski definition) is 2. The van der Waals surface area contributed by atoms with E-state index in [0.717, 1.165) is 44.6 Å². The summed E-state index contributed by atoms with van der Waals surface area (Å²) in [6, 6.07) is 5.02. The van der Waals surface area contributed by atoms with Gasteiger partial charge in [0.05, 0.1) is 7.11 Å². The molecule has 1 aromatic carbocycles. The molecule has 0 amide bonds. The van der Waals surface area contributed by atoms with Crippen LogP contribution >= 0.6 is 0 Å². The first-order valence-corrected chi connectivity index (χ1v) is 7.92. The third-order valence-corrected chi connectivity index (χ3v) is 4.38. The number of benzene rings is 1. The topological polar surface area (TPSA) is 44.7 Å². The van der Waals surface area contributed by atoms with E-state index in [1.807, 2.05) is 0 Å². The number of aliphatic hydroxyl groups excluding tert-OH is 1. The van der Waals surface area contributed by atoms with Gasteiger partial charge in [0.2, 0.25) is 0 Å². The summed E-state index contributed by atoms with van der Waals surface area (Å²) in [5.41, 5.74) is 4.09. The normalized spacial score (nSPS) is 18.6. The Hall–Kier alpha value is -1.10. The quantitative estimate of drug-likeness (QED) is 0.756. The Kier molecular flexibility index (Phi) is 6.03. The van der Waals surface area contributed by atoms with E-state index in [9.17, 15) is 0 Å². The van der Waals surface area contributed by atoms with Gasteiger partial charge in [0.15, 0.2) is 0 Å². The highest BCUT2D eigenvalue weighted by atomic mass is 16.5. The van der Waals surface area contributed by atoms with Crippen LogP contribution in [0.15, 0.2) is 12.1 Å². The first kappa shape index (κ1) is 16.3. The van der Waals surface area contributed by atoms with Crippen LogP contribution in [0.4, 0.5) is 0 Å². The molecule has 0 aliphatic carbocycles. The van der Waals surface area contributed by atoms with Crippen LogP contribution < -0.4 is 10.1 Å². The summed E-state index contributed by atoms with van der Waals surface area (Å²) >= 11 is 0. The molecular weight excluding hydrogens is 264 g/mol.